The molecule has 0 aliphatic carbocycles. The Morgan fingerprint density at radius 2 is 2.11 bits per heavy atom. The molecule has 0 saturated heterocycles. The van der Waals surface area contributed by atoms with Gasteiger partial charge >= 0.3 is 0 Å². The van der Waals surface area contributed by atoms with E-state index in [9.17, 15) is 9.18 Å². The molecule has 104 valence electrons. The van der Waals surface area contributed by atoms with Crippen LogP contribution in [0.3, 0.4) is 0 Å². The van der Waals surface area contributed by atoms with Gasteiger partial charge in [-0.15, -0.1) is 0 Å². The number of benzene rings is 1. The zero-order valence-corrected chi connectivity index (χ0v) is 12.3. The molecule has 0 unspecified atom stereocenters. The van der Waals surface area contributed by atoms with Crippen LogP contribution in [0.1, 0.15) is 36.2 Å². The second kappa shape index (κ2) is 6.61. The van der Waals surface area contributed by atoms with Crippen molar-refractivity contribution < 1.29 is 9.18 Å². The molecule has 1 aromatic rings. The Bertz CT molecular complexity index is 488. The average Bonchev–Trinajstić information content (AvgIpc) is 2.31. The van der Waals surface area contributed by atoms with Crippen molar-refractivity contribution in [2.24, 2.45) is 5.73 Å². The molecule has 5 heteroatoms. The van der Waals surface area contributed by atoms with E-state index in [2.05, 4.69) is 0 Å². The topological polar surface area (TPSA) is 46.3 Å². The van der Waals surface area contributed by atoms with E-state index in [1.165, 1.54) is 12.1 Å². The number of carbonyl (C=O) groups excluding carboxylic acids is 1. The first-order valence-corrected chi connectivity index (χ1v) is 6.59. The third-order valence-corrected chi connectivity index (χ3v) is 3.12. The highest BCUT2D eigenvalue weighted by Crippen LogP contribution is 2.15. The van der Waals surface area contributed by atoms with Crippen molar-refractivity contribution in [3.05, 3.63) is 35.1 Å². The molecule has 0 aliphatic heterocycles. The number of nitrogens with two attached hydrogens (primary N) is 1. The van der Waals surface area contributed by atoms with Crippen LogP contribution >= 0.6 is 12.2 Å². The molecular formula is C14H19FN2OS. The number of carbonyl (C=O) groups is 1. The van der Waals surface area contributed by atoms with Gasteiger partial charge in [-0.3, -0.25) is 4.79 Å². The second-order valence-electron chi connectivity index (χ2n) is 4.77. The Hall–Kier alpha value is -1.49. The molecule has 1 rings (SSSR count). The number of hydrogen-bond acceptors (Lipinski definition) is 2. The minimum atomic E-state index is -0.410. The maximum absolute atomic E-state index is 13.3. The van der Waals surface area contributed by atoms with E-state index in [1.54, 1.807) is 17.9 Å². The highest BCUT2D eigenvalue weighted by Gasteiger charge is 2.20. The molecule has 3 nitrogen and oxygen atoms in total. The number of amides is 1. The minimum Gasteiger partial charge on any atom is -0.393 e. The SMILES string of the molecule is Cc1ccc(F)cc1C(=O)N(CCC(N)=S)C(C)C. The smallest absolute Gasteiger partial charge is 0.254 e. The largest absolute Gasteiger partial charge is 0.393 e. The van der Waals surface area contributed by atoms with Crippen molar-refractivity contribution in [3.63, 3.8) is 0 Å². The lowest BCUT2D eigenvalue weighted by atomic mass is 10.1. The molecular weight excluding hydrogens is 263 g/mol. The van der Waals surface area contributed by atoms with Gasteiger partial charge in [-0.25, -0.2) is 4.39 Å². The lowest BCUT2D eigenvalue weighted by Crippen LogP contribution is -2.39. The van der Waals surface area contributed by atoms with E-state index in [-0.39, 0.29) is 11.9 Å². The normalized spacial score (nSPS) is 10.6. The summed E-state index contributed by atoms with van der Waals surface area (Å²) < 4.78 is 13.3. The highest BCUT2D eigenvalue weighted by atomic mass is 32.1. The van der Waals surface area contributed by atoms with Gasteiger partial charge in [0.1, 0.15) is 5.82 Å². The molecule has 2 N–H and O–H groups in total. The van der Waals surface area contributed by atoms with Crippen LogP contribution in [0.4, 0.5) is 4.39 Å². The van der Waals surface area contributed by atoms with Crippen LogP contribution in [-0.2, 0) is 0 Å². The summed E-state index contributed by atoms with van der Waals surface area (Å²) >= 11 is 4.83. The Morgan fingerprint density at radius 3 is 2.63 bits per heavy atom. The van der Waals surface area contributed by atoms with Crippen LogP contribution in [0.15, 0.2) is 18.2 Å². The number of halogens is 1. The molecule has 0 aliphatic rings. The van der Waals surface area contributed by atoms with E-state index in [1.807, 2.05) is 13.8 Å². The van der Waals surface area contributed by atoms with E-state index in [4.69, 9.17) is 18.0 Å². The first-order valence-electron chi connectivity index (χ1n) is 6.18. The van der Waals surface area contributed by atoms with Crippen molar-refractivity contribution in [3.8, 4) is 0 Å². The van der Waals surface area contributed by atoms with Crippen molar-refractivity contribution in [1.29, 1.82) is 0 Å². The van der Waals surface area contributed by atoms with E-state index in [0.717, 1.165) is 5.56 Å². The Balaban J connectivity index is 2.99. The van der Waals surface area contributed by atoms with Crippen LogP contribution in [0.5, 0.6) is 0 Å². The van der Waals surface area contributed by atoms with Gasteiger partial charge < -0.3 is 10.6 Å². The number of nitrogens with zero attached hydrogens (tertiary/aromatic N) is 1. The quantitative estimate of drug-likeness (QED) is 0.845. The summed E-state index contributed by atoms with van der Waals surface area (Å²) in [6.45, 7) is 6.05. The van der Waals surface area contributed by atoms with Crippen molar-refractivity contribution >= 4 is 23.1 Å². The summed E-state index contributed by atoms with van der Waals surface area (Å²) in [7, 11) is 0. The van der Waals surface area contributed by atoms with Crippen molar-refractivity contribution in [1.82, 2.24) is 4.90 Å². The van der Waals surface area contributed by atoms with E-state index >= 15 is 0 Å². The average molecular weight is 282 g/mol. The van der Waals surface area contributed by atoms with Crippen LogP contribution in [0.25, 0.3) is 0 Å². The minimum absolute atomic E-state index is 0.00418. The van der Waals surface area contributed by atoms with Gasteiger partial charge in [0, 0.05) is 24.6 Å². The summed E-state index contributed by atoms with van der Waals surface area (Å²) in [5.41, 5.74) is 6.61. The summed E-state index contributed by atoms with van der Waals surface area (Å²) in [4.78, 5) is 14.5. The van der Waals surface area contributed by atoms with Gasteiger partial charge in [0.05, 0.1) is 4.99 Å². The fraction of sp³-hybridized carbons (Fsp3) is 0.429. The zero-order valence-electron chi connectivity index (χ0n) is 11.4. The summed E-state index contributed by atoms with van der Waals surface area (Å²) in [6.07, 6.45) is 0.466. The fourth-order valence-electron chi connectivity index (χ4n) is 1.80. The number of aryl methyl sites for hydroxylation is 1. The summed E-state index contributed by atoms with van der Waals surface area (Å²) in [6, 6.07) is 4.23. The Labute approximate surface area is 118 Å². The molecule has 0 radical (unpaired) electrons. The number of hydrogen-bond donors (Lipinski definition) is 1. The van der Waals surface area contributed by atoms with Gasteiger partial charge in [-0.1, -0.05) is 18.3 Å². The van der Waals surface area contributed by atoms with Crippen LogP contribution in [-0.4, -0.2) is 28.4 Å². The lowest BCUT2D eigenvalue weighted by molar-refractivity contribution is 0.0710. The predicted molar refractivity (Wildman–Crippen MR) is 78.7 cm³/mol. The second-order valence-corrected chi connectivity index (χ2v) is 5.29. The molecule has 0 fully saturated rings. The molecule has 19 heavy (non-hydrogen) atoms. The van der Waals surface area contributed by atoms with Gasteiger partial charge in [-0.2, -0.15) is 0 Å². The highest BCUT2D eigenvalue weighted by molar-refractivity contribution is 7.80. The monoisotopic (exact) mass is 282 g/mol. The molecule has 0 spiro atoms. The number of thiocarbonyl (C=S) groups is 1. The molecule has 0 heterocycles. The predicted octanol–water partition coefficient (Wildman–Crippen LogP) is 2.66. The van der Waals surface area contributed by atoms with E-state index < -0.39 is 5.82 Å². The van der Waals surface area contributed by atoms with Gasteiger partial charge in [0.2, 0.25) is 0 Å². The Kier molecular flexibility index (Phi) is 5.42. The van der Waals surface area contributed by atoms with Crippen LogP contribution < -0.4 is 5.73 Å². The first kappa shape index (κ1) is 15.6. The van der Waals surface area contributed by atoms with Gasteiger partial charge in [0.15, 0.2) is 0 Å². The molecule has 1 aromatic carbocycles. The Morgan fingerprint density at radius 1 is 1.47 bits per heavy atom. The standard InChI is InChI=1S/C14H19FN2OS/c1-9(2)17(7-6-13(16)19)14(18)12-8-11(15)5-4-10(12)3/h4-5,8-9H,6-7H2,1-3H3,(H2,16,19). The van der Waals surface area contributed by atoms with Crippen molar-refractivity contribution in [2.45, 2.75) is 33.2 Å². The summed E-state index contributed by atoms with van der Waals surface area (Å²) in [5.74, 6) is -0.602. The molecule has 0 saturated carbocycles. The molecule has 0 aromatic heterocycles. The van der Waals surface area contributed by atoms with Gasteiger partial charge in [-0.05, 0) is 38.5 Å². The zero-order chi connectivity index (χ0) is 14.6. The van der Waals surface area contributed by atoms with E-state index in [0.29, 0.717) is 23.5 Å². The third kappa shape index (κ3) is 4.28. The maximum atomic E-state index is 13.3. The fourth-order valence-corrected chi connectivity index (χ4v) is 1.90. The van der Waals surface area contributed by atoms with Crippen LogP contribution in [0.2, 0.25) is 0 Å². The molecule has 1 amide bonds. The maximum Gasteiger partial charge on any atom is 0.254 e. The lowest BCUT2D eigenvalue weighted by Gasteiger charge is -2.27. The van der Waals surface area contributed by atoms with Crippen LogP contribution in [0, 0.1) is 12.7 Å². The van der Waals surface area contributed by atoms with Crippen molar-refractivity contribution in [2.75, 3.05) is 6.54 Å². The third-order valence-electron chi connectivity index (χ3n) is 2.91. The first-order chi connectivity index (χ1) is 8.82. The molecule has 0 bridgehead atoms. The number of rotatable bonds is 5. The molecule has 0 atom stereocenters. The summed E-state index contributed by atoms with van der Waals surface area (Å²) in [5, 5.41) is 0. The van der Waals surface area contributed by atoms with Gasteiger partial charge in [0.25, 0.3) is 5.91 Å².